The van der Waals surface area contributed by atoms with Gasteiger partial charge in [-0.3, -0.25) is 9.59 Å². The number of hydrogen-bond donors (Lipinski definition) is 3. The molecule has 144 valence electrons. The van der Waals surface area contributed by atoms with E-state index in [9.17, 15) is 9.59 Å². The van der Waals surface area contributed by atoms with Crippen LogP contribution in [0.15, 0.2) is 48.5 Å². The molecule has 27 heavy (non-hydrogen) atoms. The van der Waals surface area contributed by atoms with Gasteiger partial charge in [0.15, 0.2) is 0 Å². The molecule has 0 fully saturated rings. The average molecular weight is 367 g/mol. The summed E-state index contributed by atoms with van der Waals surface area (Å²) in [5.74, 6) is -0.322. The Labute approximate surface area is 161 Å². The van der Waals surface area contributed by atoms with E-state index in [-0.39, 0.29) is 11.8 Å². The fraction of sp³-hybridized carbons (Fsp3) is 0.364. The summed E-state index contributed by atoms with van der Waals surface area (Å²) >= 11 is 0. The Morgan fingerprint density at radius 1 is 1.00 bits per heavy atom. The number of nitrogens with two attached hydrogens (primary N) is 1. The quantitative estimate of drug-likeness (QED) is 0.670. The molecule has 0 bridgehead atoms. The lowest BCUT2D eigenvalue weighted by Gasteiger charge is -2.22. The number of aryl methyl sites for hydroxylation is 1. The summed E-state index contributed by atoms with van der Waals surface area (Å²) in [6.07, 6.45) is 1.47. The summed E-state index contributed by atoms with van der Waals surface area (Å²) in [7, 11) is 0. The molecule has 2 rings (SSSR count). The molecule has 1 unspecified atom stereocenters. The summed E-state index contributed by atoms with van der Waals surface area (Å²) in [6, 6.07) is 15.3. The third-order valence-electron chi connectivity index (χ3n) is 4.50. The molecule has 4 N–H and O–H groups in total. The van der Waals surface area contributed by atoms with Crippen molar-refractivity contribution in [1.29, 1.82) is 0 Å². The van der Waals surface area contributed by atoms with E-state index in [1.807, 2.05) is 50.2 Å². The highest BCUT2D eigenvalue weighted by atomic mass is 16.2. The molecule has 0 saturated heterocycles. The Kier molecular flexibility index (Phi) is 7.13. The maximum atomic E-state index is 12.4. The Bertz CT molecular complexity index is 782. The molecule has 0 radical (unpaired) electrons. The lowest BCUT2D eigenvalue weighted by atomic mass is 9.96. The second-order valence-electron chi connectivity index (χ2n) is 7.22. The largest absolute Gasteiger partial charge is 0.350 e. The lowest BCUT2D eigenvalue weighted by molar-refractivity contribution is -0.126. The topological polar surface area (TPSA) is 84.2 Å². The number of amides is 2. The van der Waals surface area contributed by atoms with E-state index >= 15 is 0 Å². The van der Waals surface area contributed by atoms with Crippen molar-refractivity contribution in [3.63, 3.8) is 0 Å². The number of nitrogens with one attached hydrogen (secondary N) is 2. The van der Waals surface area contributed by atoms with Gasteiger partial charge in [0.05, 0.1) is 5.54 Å². The van der Waals surface area contributed by atoms with Gasteiger partial charge in [-0.05, 0) is 43.5 Å². The first-order valence-corrected chi connectivity index (χ1v) is 9.31. The van der Waals surface area contributed by atoms with E-state index in [0.29, 0.717) is 25.1 Å². The maximum absolute atomic E-state index is 12.4. The fourth-order valence-corrected chi connectivity index (χ4v) is 2.83. The summed E-state index contributed by atoms with van der Waals surface area (Å²) in [6.45, 7) is 6.58. The first kappa shape index (κ1) is 20.6. The van der Waals surface area contributed by atoms with Crippen molar-refractivity contribution in [3.8, 4) is 0 Å². The minimum Gasteiger partial charge on any atom is -0.350 e. The van der Waals surface area contributed by atoms with Crippen molar-refractivity contribution in [2.24, 2.45) is 5.73 Å². The van der Waals surface area contributed by atoms with E-state index in [0.717, 1.165) is 17.5 Å². The van der Waals surface area contributed by atoms with Crippen LogP contribution in [-0.2, 0) is 17.9 Å². The zero-order valence-electron chi connectivity index (χ0n) is 16.3. The molecular formula is C22H29N3O2. The molecule has 0 spiro atoms. The lowest BCUT2D eigenvalue weighted by Crippen LogP contribution is -2.51. The third-order valence-corrected chi connectivity index (χ3v) is 4.50. The van der Waals surface area contributed by atoms with Gasteiger partial charge in [0.2, 0.25) is 5.91 Å². The van der Waals surface area contributed by atoms with Crippen molar-refractivity contribution in [2.45, 2.75) is 52.2 Å². The van der Waals surface area contributed by atoms with Crippen molar-refractivity contribution in [2.75, 3.05) is 0 Å². The fourth-order valence-electron chi connectivity index (χ4n) is 2.83. The van der Waals surface area contributed by atoms with Crippen LogP contribution in [0.4, 0.5) is 0 Å². The van der Waals surface area contributed by atoms with Gasteiger partial charge in [0, 0.05) is 18.7 Å². The van der Waals surface area contributed by atoms with E-state index in [1.165, 1.54) is 5.56 Å². The maximum Gasteiger partial charge on any atom is 0.251 e. The van der Waals surface area contributed by atoms with Crippen LogP contribution in [0.1, 0.15) is 53.7 Å². The summed E-state index contributed by atoms with van der Waals surface area (Å²) in [5, 5.41) is 5.78. The average Bonchev–Trinajstić information content (AvgIpc) is 2.65. The smallest absolute Gasteiger partial charge is 0.251 e. The molecule has 0 aliphatic carbocycles. The molecule has 5 heteroatoms. The molecule has 1 atom stereocenters. The van der Waals surface area contributed by atoms with Gasteiger partial charge >= 0.3 is 0 Å². The molecule has 2 aromatic rings. The van der Waals surface area contributed by atoms with Crippen molar-refractivity contribution in [1.82, 2.24) is 10.6 Å². The zero-order valence-corrected chi connectivity index (χ0v) is 16.3. The van der Waals surface area contributed by atoms with Crippen LogP contribution in [0.3, 0.4) is 0 Å². The molecule has 2 amide bonds. The minimum atomic E-state index is -0.877. The van der Waals surface area contributed by atoms with Crippen LogP contribution in [-0.4, -0.2) is 17.4 Å². The van der Waals surface area contributed by atoms with Crippen LogP contribution in [0, 0.1) is 6.92 Å². The molecule has 0 aliphatic heterocycles. The Morgan fingerprint density at radius 2 is 1.67 bits per heavy atom. The van der Waals surface area contributed by atoms with E-state index in [2.05, 4.69) is 10.6 Å². The van der Waals surface area contributed by atoms with Gasteiger partial charge < -0.3 is 16.4 Å². The number of rotatable bonds is 8. The van der Waals surface area contributed by atoms with Crippen LogP contribution in [0.5, 0.6) is 0 Å². The zero-order chi connectivity index (χ0) is 19.9. The predicted octanol–water partition coefficient (Wildman–Crippen LogP) is 3.06. The highest BCUT2D eigenvalue weighted by molar-refractivity contribution is 5.94. The molecule has 0 aromatic heterocycles. The molecular weight excluding hydrogens is 338 g/mol. The third kappa shape index (κ3) is 6.22. The highest BCUT2D eigenvalue weighted by Crippen LogP contribution is 2.10. The summed E-state index contributed by atoms with van der Waals surface area (Å²) in [5.41, 5.74) is 8.83. The summed E-state index contributed by atoms with van der Waals surface area (Å²) in [4.78, 5) is 24.6. The number of hydrogen-bond acceptors (Lipinski definition) is 3. The van der Waals surface area contributed by atoms with Gasteiger partial charge in [0.25, 0.3) is 5.91 Å². The Balaban J connectivity index is 1.93. The van der Waals surface area contributed by atoms with Gasteiger partial charge in [-0.15, -0.1) is 0 Å². The normalized spacial score (nSPS) is 12.9. The Morgan fingerprint density at radius 3 is 2.33 bits per heavy atom. The number of benzene rings is 2. The molecule has 0 heterocycles. The standard InChI is InChI=1S/C22H29N3O2/c1-4-12-22(3,23)21(27)25-15-18-6-5-7-19(13-18)20(26)24-14-17-10-8-16(2)9-11-17/h5-11,13H,4,12,14-15,23H2,1-3H3,(H,24,26)(H,25,27). The van der Waals surface area contributed by atoms with Crippen molar-refractivity contribution in [3.05, 3.63) is 70.8 Å². The van der Waals surface area contributed by atoms with Gasteiger partial charge in [0.1, 0.15) is 0 Å². The highest BCUT2D eigenvalue weighted by Gasteiger charge is 2.26. The number of carbonyl (C=O) groups is 2. The van der Waals surface area contributed by atoms with Gasteiger partial charge in [-0.25, -0.2) is 0 Å². The van der Waals surface area contributed by atoms with Crippen LogP contribution in [0.25, 0.3) is 0 Å². The molecule has 2 aromatic carbocycles. The van der Waals surface area contributed by atoms with Gasteiger partial charge in [-0.1, -0.05) is 55.3 Å². The van der Waals surface area contributed by atoms with Gasteiger partial charge in [-0.2, -0.15) is 0 Å². The van der Waals surface area contributed by atoms with Crippen LogP contribution < -0.4 is 16.4 Å². The minimum absolute atomic E-state index is 0.140. The first-order valence-electron chi connectivity index (χ1n) is 9.31. The molecule has 0 saturated carbocycles. The van der Waals surface area contributed by atoms with Crippen molar-refractivity contribution >= 4 is 11.8 Å². The summed E-state index contributed by atoms with van der Waals surface area (Å²) < 4.78 is 0. The monoisotopic (exact) mass is 367 g/mol. The van der Waals surface area contributed by atoms with Crippen LogP contribution in [0.2, 0.25) is 0 Å². The Hall–Kier alpha value is -2.66. The second-order valence-corrected chi connectivity index (χ2v) is 7.22. The van der Waals surface area contributed by atoms with E-state index < -0.39 is 5.54 Å². The molecule has 5 nitrogen and oxygen atoms in total. The van der Waals surface area contributed by atoms with E-state index in [4.69, 9.17) is 5.73 Å². The number of carbonyl (C=O) groups excluding carboxylic acids is 2. The molecule has 0 aliphatic rings. The second kappa shape index (κ2) is 9.33. The van der Waals surface area contributed by atoms with Crippen LogP contribution >= 0.6 is 0 Å². The van der Waals surface area contributed by atoms with Crippen molar-refractivity contribution < 1.29 is 9.59 Å². The van der Waals surface area contributed by atoms with E-state index in [1.54, 1.807) is 19.1 Å². The predicted molar refractivity (Wildman–Crippen MR) is 108 cm³/mol. The first-order chi connectivity index (χ1) is 12.8. The SMILES string of the molecule is CCCC(C)(N)C(=O)NCc1cccc(C(=O)NCc2ccc(C)cc2)c1.